The van der Waals surface area contributed by atoms with Gasteiger partial charge in [-0.3, -0.25) is 9.89 Å². The van der Waals surface area contributed by atoms with Crippen LogP contribution in [0.2, 0.25) is 0 Å². The summed E-state index contributed by atoms with van der Waals surface area (Å²) in [7, 11) is 0. The molecule has 1 aliphatic heterocycles. The van der Waals surface area contributed by atoms with E-state index in [2.05, 4.69) is 26.9 Å². The van der Waals surface area contributed by atoms with E-state index in [1.807, 2.05) is 18.3 Å². The van der Waals surface area contributed by atoms with Gasteiger partial charge in [-0.15, -0.1) is 0 Å². The minimum absolute atomic E-state index is 0.0670. The average molecular weight is 432 g/mol. The summed E-state index contributed by atoms with van der Waals surface area (Å²) in [5.41, 5.74) is 11.2. The second-order valence-corrected chi connectivity index (χ2v) is 9.09. The number of hydrogen-bond donors (Lipinski definition) is 2. The van der Waals surface area contributed by atoms with Crippen LogP contribution in [-0.4, -0.2) is 33.9 Å². The highest BCUT2D eigenvalue weighted by Crippen LogP contribution is 2.50. The first-order chi connectivity index (χ1) is 15.6. The van der Waals surface area contributed by atoms with Gasteiger partial charge in [0.2, 0.25) is 5.91 Å². The van der Waals surface area contributed by atoms with E-state index in [1.165, 1.54) is 28.8 Å². The molecule has 1 saturated heterocycles. The molecule has 2 aromatic heterocycles. The van der Waals surface area contributed by atoms with Crippen LogP contribution in [0.25, 0.3) is 27.5 Å². The van der Waals surface area contributed by atoms with Gasteiger partial charge in [0, 0.05) is 47.2 Å². The molecule has 1 saturated carbocycles. The minimum atomic E-state index is -0.251. The third-order valence-electron chi connectivity index (χ3n) is 7.25. The number of nitrogens with zero attached hydrogens (tertiary/aromatic N) is 2. The summed E-state index contributed by atoms with van der Waals surface area (Å²) in [6.45, 7) is 1.46. The Bertz CT molecular complexity index is 1310. The second kappa shape index (κ2) is 7.45. The number of aromatic nitrogens is 3. The molecule has 2 fully saturated rings. The van der Waals surface area contributed by atoms with E-state index in [4.69, 9.17) is 10.5 Å². The Hall–Kier alpha value is -3.19. The van der Waals surface area contributed by atoms with E-state index in [0.29, 0.717) is 5.92 Å². The number of H-pyrrole nitrogens is 1. The van der Waals surface area contributed by atoms with Crippen LogP contribution in [0.1, 0.15) is 48.8 Å². The third-order valence-corrected chi connectivity index (χ3v) is 7.25. The molecule has 0 atom stereocenters. The quantitative estimate of drug-likeness (QED) is 0.497. The van der Waals surface area contributed by atoms with Gasteiger partial charge in [-0.1, -0.05) is 0 Å². The maximum Gasteiger partial charge on any atom is 0.220 e. The summed E-state index contributed by atoms with van der Waals surface area (Å²) in [6.07, 6.45) is 5.26. The molecule has 32 heavy (non-hydrogen) atoms. The van der Waals surface area contributed by atoms with Crippen molar-refractivity contribution in [2.75, 3.05) is 13.2 Å². The van der Waals surface area contributed by atoms with Gasteiger partial charge in [0.15, 0.2) is 0 Å². The molecule has 1 amide bonds. The van der Waals surface area contributed by atoms with Gasteiger partial charge in [-0.25, -0.2) is 4.39 Å². The fourth-order valence-corrected chi connectivity index (χ4v) is 5.53. The monoisotopic (exact) mass is 432 g/mol. The standard InChI is InChI=1S/C25H25FN4O2/c26-18-1-3-19(4-2-18)30-22-11-17-13-28-29-21(17)12-20(22)23(15-9-16(10-15)25(27)31)24(30)14-5-7-32-8-6-14/h1-4,11-16H,5-10H2,(H2,27,31)(H,28,29)/t15-,16+. The Morgan fingerprint density at radius 3 is 2.59 bits per heavy atom. The zero-order valence-electron chi connectivity index (χ0n) is 17.7. The van der Waals surface area contributed by atoms with Gasteiger partial charge < -0.3 is 15.0 Å². The summed E-state index contributed by atoms with van der Waals surface area (Å²) in [5, 5.41) is 9.51. The molecule has 164 valence electrons. The highest BCUT2D eigenvalue weighted by Gasteiger charge is 2.39. The van der Waals surface area contributed by atoms with Crippen molar-refractivity contribution in [3.05, 3.63) is 59.7 Å². The molecular formula is C25H25FN4O2. The molecule has 1 aliphatic carbocycles. The summed E-state index contributed by atoms with van der Waals surface area (Å²) < 4.78 is 21.7. The van der Waals surface area contributed by atoms with Crippen molar-refractivity contribution in [3.63, 3.8) is 0 Å². The Morgan fingerprint density at radius 1 is 1.12 bits per heavy atom. The normalized spacial score (nSPS) is 21.8. The van der Waals surface area contributed by atoms with E-state index in [-0.39, 0.29) is 23.6 Å². The van der Waals surface area contributed by atoms with E-state index in [1.54, 1.807) is 0 Å². The fraction of sp³-hybridized carbons (Fsp3) is 0.360. The van der Waals surface area contributed by atoms with Crippen LogP contribution in [0.3, 0.4) is 0 Å². The lowest BCUT2D eigenvalue weighted by atomic mass is 9.69. The smallest absolute Gasteiger partial charge is 0.220 e. The number of rotatable bonds is 4. The number of halogens is 1. The number of nitrogens with two attached hydrogens (primary N) is 1. The number of carbonyl (C=O) groups excluding carboxylic acids is 1. The van der Waals surface area contributed by atoms with Crippen LogP contribution in [0.5, 0.6) is 0 Å². The predicted octanol–water partition coefficient (Wildman–Crippen LogP) is 4.52. The number of ether oxygens (including phenoxy) is 1. The Kier molecular flexibility index (Phi) is 4.54. The van der Waals surface area contributed by atoms with Crippen molar-refractivity contribution >= 4 is 27.7 Å². The number of benzene rings is 2. The summed E-state index contributed by atoms with van der Waals surface area (Å²) >= 11 is 0. The molecule has 4 aromatic rings. The van der Waals surface area contributed by atoms with Gasteiger partial charge in [-0.2, -0.15) is 5.10 Å². The minimum Gasteiger partial charge on any atom is -0.381 e. The van der Waals surface area contributed by atoms with E-state index in [0.717, 1.165) is 61.0 Å². The topological polar surface area (TPSA) is 85.9 Å². The maximum absolute atomic E-state index is 13.8. The lowest BCUT2D eigenvalue weighted by Gasteiger charge is -2.35. The molecule has 3 N–H and O–H groups in total. The number of nitrogens with one attached hydrogen (secondary N) is 1. The first-order valence-corrected chi connectivity index (χ1v) is 11.2. The lowest BCUT2D eigenvalue weighted by Crippen LogP contribution is -2.34. The van der Waals surface area contributed by atoms with Gasteiger partial charge in [0.05, 0.1) is 17.2 Å². The van der Waals surface area contributed by atoms with Gasteiger partial charge in [-0.05, 0) is 73.6 Å². The van der Waals surface area contributed by atoms with E-state index >= 15 is 0 Å². The van der Waals surface area contributed by atoms with Crippen LogP contribution >= 0.6 is 0 Å². The van der Waals surface area contributed by atoms with Gasteiger partial charge in [0.25, 0.3) is 0 Å². The van der Waals surface area contributed by atoms with E-state index < -0.39 is 0 Å². The van der Waals surface area contributed by atoms with Crippen molar-refractivity contribution < 1.29 is 13.9 Å². The maximum atomic E-state index is 13.8. The number of amides is 1. The number of hydrogen-bond acceptors (Lipinski definition) is 3. The first kappa shape index (κ1) is 19.5. The first-order valence-electron chi connectivity index (χ1n) is 11.2. The predicted molar refractivity (Wildman–Crippen MR) is 120 cm³/mol. The highest BCUT2D eigenvalue weighted by molar-refractivity contribution is 5.99. The Labute approximate surface area is 184 Å². The third kappa shape index (κ3) is 3.03. The number of aromatic amines is 1. The van der Waals surface area contributed by atoms with Crippen LogP contribution in [0.15, 0.2) is 42.6 Å². The summed E-state index contributed by atoms with van der Waals surface area (Å²) in [5.74, 6) is 0.0727. The summed E-state index contributed by atoms with van der Waals surface area (Å²) in [6, 6.07) is 11.0. The van der Waals surface area contributed by atoms with Crippen molar-refractivity contribution in [3.8, 4) is 5.69 Å². The van der Waals surface area contributed by atoms with Crippen molar-refractivity contribution in [2.24, 2.45) is 11.7 Å². The molecule has 0 spiro atoms. The van der Waals surface area contributed by atoms with Crippen molar-refractivity contribution in [2.45, 2.75) is 37.5 Å². The molecule has 2 aliphatic rings. The SMILES string of the molecule is NC(=O)[C@H]1C[C@@H](c2c(C3CCOCC3)n(-c3ccc(F)cc3)c3cc4cn[nH]c4cc32)C1. The second-order valence-electron chi connectivity index (χ2n) is 9.09. The number of carbonyl (C=O) groups is 1. The number of primary amides is 1. The molecule has 7 heteroatoms. The molecule has 0 radical (unpaired) electrons. The van der Waals surface area contributed by atoms with Crippen LogP contribution in [0.4, 0.5) is 4.39 Å². The average Bonchev–Trinajstić information content (AvgIpc) is 3.34. The molecular weight excluding hydrogens is 407 g/mol. The summed E-state index contributed by atoms with van der Waals surface area (Å²) in [4.78, 5) is 11.8. The Morgan fingerprint density at radius 2 is 1.88 bits per heavy atom. The van der Waals surface area contributed by atoms with Gasteiger partial charge >= 0.3 is 0 Å². The molecule has 6 rings (SSSR count). The largest absolute Gasteiger partial charge is 0.381 e. The van der Waals surface area contributed by atoms with Crippen LogP contribution in [0, 0.1) is 11.7 Å². The highest BCUT2D eigenvalue weighted by atomic mass is 19.1. The molecule has 0 unspecified atom stereocenters. The van der Waals surface area contributed by atoms with E-state index in [9.17, 15) is 9.18 Å². The van der Waals surface area contributed by atoms with Gasteiger partial charge in [0.1, 0.15) is 5.82 Å². The van der Waals surface area contributed by atoms with Crippen LogP contribution in [-0.2, 0) is 9.53 Å². The zero-order valence-corrected chi connectivity index (χ0v) is 17.7. The molecule has 3 heterocycles. The molecule has 2 aromatic carbocycles. The lowest BCUT2D eigenvalue weighted by molar-refractivity contribution is -0.124. The molecule has 0 bridgehead atoms. The Balaban J connectivity index is 1.63. The number of fused-ring (bicyclic) bond motifs is 2. The van der Waals surface area contributed by atoms with Crippen molar-refractivity contribution in [1.29, 1.82) is 0 Å². The van der Waals surface area contributed by atoms with Crippen molar-refractivity contribution in [1.82, 2.24) is 14.8 Å². The zero-order chi connectivity index (χ0) is 21.8. The molecule has 6 nitrogen and oxygen atoms in total. The van der Waals surface area contributed by atoms with Crippen LogP contribution < -0.4 is 5.73 Å². The fourth-order valence-electron chi connectivity index (χ4n) is 5.53.